The lowest BCUT2D eigenvalue weighted by Gasteiger charge is -1.96. The van der Waals surface area contributed by atoms with Gasteiger partial charge in [-0.25, -0.2) is 4.39 Å². The summed E-state index contributed by atoms with van der Waals surface area (Å²) in [5.74, 6) is -0.343. The van der Waals surface area contributed by atoms with Crippen molar-refractivity contribution in [1.82, 2.24) is 0 Å². The number of hydrogen-bond acceptors (Lipinski definition) is 1. The molecule has 0 aromatic rings. The van der Waals surface area contributed by atoms with Gasteiger partial charge in [-0.05, 0) is 6.92 Å². The molecule has 0 aromatic carbocycles. The normalized spacial score (nSPS) is 57.1. The average molecular weight is 151 g/mol. The van der Waals surface area contributed by atoms with Gasteiger partial charge >= 0.3 is 0 Å². The van der Waals surface area contributed by atoms with E-state index in [1.807, 2.05) is 0 Å². The van der Waals surface area contributed by atoms with Crippen molar-refractivity contribution in [2.75, 3.05) is 0 Å². The first-order valence-electron chi connectivity index (χ1n) is 2.81. The minimum Gasteiger partial charge on any atom is -0.303 e. The van der Waals surface area contributed by atoms with Crippen LogP contribution in [-0.4, -0.2) is 11.4 Å². The van der Waals surface area contributed by atoms with Gasteiger partial charge < -0.3 is 4.79 Å². The van der Waals surface area contributed by atoms with Crippen LogP contribution in [0.25, 0.3) is 0 Å². The first-order valence-corrected chi connectivity index (χ1v) is 3.19. The van der Waals surface area contributed by atoms with E-state index in [1.54, 1.807) is 6.92 Å². The van der Waals surface area contributed by atoms with Gasteiger partial charge in [0.25, 0.3) is 0 Å². The second-order valence-corrected chi connectivity index (χ2v) is 3.30. The van der Waals surface area contributed by atoms with Gasteiger partial charge in [-0.2, -0.15) is 0 Å². The monoisotopic (exact) mass is 150 g/mol. The molecule has 1 saturated carbocycles. The number of hydrogen-bond donors (Lipinski definition) is 0. The van der Waals surface area contributed by atoms with E-state index in [4.69, 9.17) is 11.6 Å². The summed E-state index contributed by atoms with van der Waals surface area (Å²) in [5, 5.41) is -1.78. The molecule has 0 amide bonds. The molecule has 3 heteroatoms. The molecular formula is C6H8ClFO. The Morgan fingerprint density at radius 2 is 2.11 bits per heavy atom. The van der Waals surface area contributed by atoms with Crippen LogP contribution < -0.4 is 0 Å². The molecule has 1 rings (SSSR count). The predicted octanol–water partition coefficient (Wildman–Crippen LogP) is 1.75. The second kappa shape index (κ2) is 1.48. The summed E-state index contributed by atoms with van der Waals surface area (Å²) in [7, 11) is 0. The topological polar surface area (TPSA) is 17.1 Å². The zero-order chi connectivity index (χ0) is 7.28. The van der Waals surface area contributed by atoms with E-state index < -0.39 is 10.5 Å². The minimum atomic E-state index is -1.78. The zero-order valence-corrected chi connectivity index (χ0v) is 6.07. The first-order chi connectivity index (χ1) is 3.97. The highest BCUT2D eigenvalue weighted by Crippen LogP contribution is 2.65. The molecule has 1 nitrogen and oxygen atoms in total. The average Bonchev–Trinajstić information content (AvgIpc) is 2.16. The highest BCUT2D eigenvalue weighted by Gasteiger charge is 2.73. The van der Waals surface area contributed by atoms with Gasteiger partial charge in [0.05, 0.1) is 5.41 Å². The standard InChI is InChI=1S/C6H8ClFO/c1-4-5(2,3-9)6(4,7)8/h3-4H,1-2H3/t4-,5-,6-/m1/s1. The van der Waals surface area contributed by atoms with E-state index in [9.17, 15) is 9.18 Å². The van der Waals surface area contributed by atoms with Crippen LogP contribution in [-0.2, 0) is 4.79 Å². The van der Waals surface area contributed by atoms with Gasteiger partial charge in [0.15, 0.2) is 5.13 Å². The van der Waals surface area contributed by atoms with Crippen molar-refractivity contribution in [3.05, 3.63) is 0 Å². The third kappa shape index (κ3) is 0.571. The van der Waals surface area contributed by atoms with Gasteiger partial charge in [0, 0.05) is 5.92 Å². The Morgan fingerprint density at radius 1 is 1.78 bits per heavy atom. The Kier molecular flexibility index (Phi) is 1.15. The fourth-order valence-corrected chi connectivity index (χ4v) is 1.32. The number of carbonyl (C=O) groups excluding carboxylic acids is 1. The van der Waals surface area contributed by atoms with Crippen molar-refractivity contribution in [2.45, 2.75) is 19.0 Å². The summed E-state index contributed by atoms with van der Waals surface area (Å²) < 4.78 is 12.8. The van der Waals surface area contributed by atoms with Crippen molar-refractivity contribution in [3.63, 3.8) is 0 Å². The lowest BCUT2D eigenvalue weighted by atomic mass is 10.1. The van der Waals surface area contributed by atoms with E-state index in [-0.39, 0.29) is 5.92 Å². The first kappa shape index (κ1) is 7.00. The van der Waals surface area contributed by atoms with Crippen LogP contribution in [0.3, 0.4) is 0 Å². The molecule has 0 N–H and O–H groups in total. The van der Waals surface area contributed by atoms with Crippen LogP contribution in [0.2, 0.25) is 0 Å². The summed E-state index contributed by atoms with van der Waals surface area (Å²) in [6, 6.07) is 0. The summed E-state index contributed by atoms with van der Waals surface area (Å²) in [6.45, 7) is 3.15. The number of alkyl halides is 2. The Hall–Kier alpha value is -0.110. The summed E-state index contributed by atoms with van der Waals surface area (Å²) in [5.41, 5.74) is -0.936. The molecule has 1 aliphatic rings. The van der Waals surface area contributed by atoms with E-state index in [0.717, 1.165) is 0 Å². The van der Waals surface area contributed by atoms with Crippen LogP contribution in [0.1, 0.15) is 13.8 Å². The molecule has 0 spiro atoms. The van der Waals surface area contributed by atoms with Crippen molar-refractivity contribution < 1.29 is 9.18 Å². The molecule has 3 atom stereocenters. The second-order valence-electron chi connectivity index (χ2n) is 2.75. The molecule has 1 aliphatic carbocycles. The quantitative estimate of drug-likeness (QED) is 0.411. The molecule has 0 unspecified atom stereocenters. The Labute approximate surface area is 58.2 Å². The van der Waals surface area contributed by atoms with Crippen LogP contribution in [0.4, 0.5) is 4.39 Å². The Morgan fingerprint density at radius 3 is 2.11 bits per heavy atom. The third-order valence-electron chi connectivity index (χ3n) is 2.32. The van der Waals surface area contributed by atoms with Gasteiger partial charge in [0.1, 0.15) is 6.29 Å². The maximum atomic E-state index is 12.8. The third-order valence-corrected chi connectivity index (χ3v) is 3.06. The van der Waals surface area contributed by atoms with Crippen LogP contribution in [0.15, 0.2) is 0 Å². The number of carbonyl (C=O) groups is 1. The highest BCUT2D eigenvalue weighted by atomic mass is 35.5. The molecule has 9 heavy (non-hydrogen) atoms. The fourth-order valence-electron chi connectivity index (χ4n) is 0.941. The molecule has 1 fully saturated rings. The van der Waals surface area contributed by atoms with Crippen molar-refractivity contribution in [2.24, 2.45) is 11.3 Å². The molecule has 0 saturated heterocycles. The summed E-state index contributed by atoms with van der Waals surface area (Å²) in [4.78, 5) is 10.2. The maximum absolute atomic E-state index is 12.8. The molecule has 0 radical (unpaired) electrons. The number of halogens is 2. The molecule has 0 aromatic heterocycles. The van der Waals surface area contributed by atoms with Crippen LogP contribution in [0.5, 0.6) is 0 Å². The van der Waals surface area contributed by atoms with Crippen molar-refractivity contribution in [3.8, 4) is 0 Å². The molecule has 52 valence electrons. The SMILES string of the molecule is C[C@H]1[C@](F)(Cl)[C@]1(C)C=O. The van der Waals surface area contributed by atoms with Gasteiger partial charge in [-0.15, -0.1) is 0 Å². The van der Waals surface area contributed by atoms with Crippen LogP contribution in [0, 0.1) is 11.3 Å². The molecule has 0 aliphatic heterocycles. The summed E-state index contributed by atoms with van der Waals surface area (Å²) >= 11 is 5.30. The number of aldehydes is 1. The highest BCUT2D eigenvalue weighted by molar-refractivity contribution is 6.27. The van der Waals surface area contributed by atoms with E-state index in [2.05, 4.69) is 0 Å². The Balaban J connectivity index is 2.81. The molecule has 0 bridgehead atoms. The van der Waals surface area contributed by atoms with E-state index >= 15 is 0 Å². The Bertz CT molecular complexity index is 157. The molecule has 0 heterocycles. The largest absolute Gasteiger partial charge is 0.303 e. The van der Waals surface area contributed by atoms with E-state index in [0.29, 0.717) is 6.29 Å². The van der Waals surface area contributed by atoms with Gasteiger partial charge in [0.2, 0.25) is 0 Å². The smallest absolute Gasteiger partial charge is 0.199 e. The lowest BCUT2D eigenvalue weighted by Crippen LogP contribution is -2.05. The van der Waals surface area contributed by atoms with Gasteiger partial charge in [-0.1, -0.05) is 18.5 Å². The van der Waals surface area contributed by atoms with E-state index in [1.165, 1.54) is 6.92 Å². The predicted molar refractivity (Wildman–Crippen MR) is 33.0 cm³/mol. The minimum absolute atomic E-state index is 0.343. The van der Waals surface area contributed by atoms with Crippen molar-refractivity contribution >= 4 is 17.9 Å². The summed E-state index contributed by atoms with van der Waals surface area (Å²) in [6.07, 6.45) is 0.588. The molecular weight excluding hydrogens is 143 g/mol. The maximum Gasteiger partial charge on any atom is 0.199 e. The van der Waals surface area contributed by atoms with Crippen molar-refractivity contribution in [1.29, 1.82) is 0 Å². The zero-order valence-electron chi connectivity index (χ0n) is 5.32. The lowest BCUT2D eigenvalue weighted by molar-refractivity contribution is -0.112. The number of rotatable bonds is 1. The fraction of sp³-hybridized carbons (Fsp3) is 0.833. The van der Waals surface area contributed by atoms with Crippen LogP contribution >= 0.6 is 11.6 Å². The van der Waals surface area contributed by atoms with Gasteiger partial charge in [-0.3, -0.25) is 0 Å².